The van der Waals surface area contributed by atoms with Crippen molar-refractivity contribution in [2.75, 3.05) is 31.1 Å². The van der Waals surface area contributed by atoms with Gasteiger partial charge in [0.2, 0.25) is 5.91 Å². The molecule has 0 bridgehead atoms. The van der Waals surface area contributed by atoms with Gasteiger partial charge in [0.1, 0.15) is 0 Å². The largest absolute Gasteiger partial charge is 0.356 e. The lowest BCUT2D eigenvalue weighted by molar-refractivity contribution is -0.119. The molecule has 1 aromatic heterocycles. The third-order valence-electron chi connectivity index (χ3n) is 7.88. The van der Waals surface area contributed by atoms with Gasteiger partial charge in [-0.15, -0.1) is 0 Å². The highest BCUT2D eigenvalue weighted by Gasteiger charge is 2.30. The maximum atomic E-state index is 13.1. The van der Waals surface area contributed by atoms with Crippen molar-refractivity contribution in [1.29, 1.82) is 0 Å². The van der Waals surface area contributed by atoms with Crippen LogP contribution in [0.5, 0.6) is 0 Å². The number of carbonyl (C=O) groups is 2. The van der Waals surface area contributed by atoms with Crippen molar-refractivity contribution in [1.82, 2.24) is 10.1 Å². The minimum atomic E-state index is 0.216. The van der Waals surface area contributed by atoms with Crippen molar-refractivity contribution >= 4 is 28.3 Å². The lowest BCUT2D eigenvalue weighted by Crippen LogP contribution is -2.39. The number of Topliss-reactive ketones (excluding diaryl/α,β-unsaturated/α-hetero) is 1. The normalized spacial score (nSPS) is 19.0. The molecule has 0 spiro atoms. The summed E-state index contributed by atoms with van der Waals surface area (Å²) in [5.74, 6) is 0.855. The summed E-state index contributed by atoms with van der Waals surface area (Å²) in [6, 6.07) is 10.4. The SMILES string of the molecule is Cc1ccc2c(C3CCN(CCC(=O)c4cc5c6c(c4)CCC(=O)N6CCC5)CC3)noc2c1. The van der Waals surface area contributed by atoms with E-state index in [1.165, 1.54) is 16.7 Å². The monoisotopic (exact) mass is 457 g/mol. The first-order chi connectivity index (χ1) is 16.6. The van der Waals surface area contributed by atoms with Crippen molar-refractivity contribution < 1.29 is 14.1 Å². The third kappa shape index (κ3) is 3.84. The van der Waals surface area contributed by atoms with Crippen molar-refractivity contribution in [2.24, 2.45) is 0 Å². The van der Waals surface area contributed by atoms with Gasteiger partial charge in [-0.25, -0.2) is 0 Å². The van der Waals surface area contributed by atoms with E-state index in [0.717, 1.165) is 86.2 Å². The summed E-state index contributed by atoms with van der Waals surface area (Å²) in [5, 5.41) is 5.53. The Morgan fingerprint density at radius 3 is 2.68 bits per heavy atom. The second-order valence-corrected chi connectivity index (χ2v) is 10.1. The van der Waals surface area contributed by atoms with Crippen LogP contribution in [0, 0.1) is 6.92 Å². The van der Waals surface area contributed by atoms with Gasteiger partial charge in [-0.05, 0) is 93.1 Å². The molecule has 3 aromatic rings. The molecule has 6 rings (SSSR count). The molecule has 4 heterocycles. The van der Waals surface area contributed by atoms with E-state index in [4.69, 9.17) is 4.52 Å². The summed E-state index contributed by atoms with van der Waals surface area (Å²) in [6.45, 7) is 5.62. The lowest BCUT2D eigenvalue weighted by Gasteiger charge is -2.35. The van der Waals surface area contributed by atoms with Crippen molar-refractivity contribution in [2.45, 2.75) is 57.8 Å². The number of aromatic nitrogens is 1. The number of aryl methyl sites for hydroxylation is 3. The maximum Gasteiger partial charge on any atom is 0.227 e. The number of rotatable bonds is 5. The van der Waals surface area contributed by atoms with Gasteiger partial charge < -0.3 is 14.3 Å². The molecule has 0 atom stereocenters. The van der Waals surface area contributed by atoms with Gasteiger partial charge in [-0.3, -0.25) is 9.59 Å². The molecule has 3 aliphatic heterocycles. The number of anilines is 1. The van der Waals surface area contributed by atoms with E-state index in [-0.39, 0.29) is 11.7 Å². The minimum absolute atomic E-state index is 0.216. The molecule has 2 aromatic carbocycles. The molecule has 6 nitrogen and oxygen atoms in total. The van der Waals surface area contributed by atoms with Crippen LogP contribution in [0.4, 0.5) is 5.69 Å². The highest BCUT2D eigenvalue weighted by molar-refractivity contribution is 6.01. The summed E-state index contributed by atoms with van der Waals surface area (Å²) < 4.78 is 5.58. The zero-order valence-electron chi connectivity index (χ0n) is 19.8. The summed E-state index contributed by atoms with van der Waals surface area (Å²) >= 11 is 0. The second kappa shape index (κ2) is 8.66. The van der Waals surface area contributed by atoms with E-state index in [1.54, 1.807) is 0 Å². The molecule has 34 heavy (non-hydrogen) atoms. The Labute approximate surface area is 199 Å². The van der Waals surface area contributed by atoms with Crippen LogP contribution >= 0.6 is 0 Å². The fourth-order valence-corrected chi connectivity index (χ4v) is 6.01. The summed E-state index contributed by atoms with van der Waals surface area (Å²) in [5.41, 5.74) is 7.41. The van der Waals surface area contributed by atoms with Gasteiger partial charge in [0, 0.05) is 42.8 Å². The van der Waals surface area contributed by atoms with E-state index in [9.17, 15) is 9.59 Å². The van der Waals surface area contributed by atoms with Gasteiger partial charge in [0.15, 0.2) is 11.4 Å². The van der Waals surface area contributed by atoms with Gasteiger partial charge in [0.05, 0.1) is 11.4 Å². The number of carbonyl (C=O) groups excluding carboxylic acids is 2. The van der Waals surface area contributed by atoms with Crippen molar-refractivity contribution in [3.05, 3.63) is 58.3 Å². The van der Waals surface area contributed by atoms with Crippen LogP contribution in [-0.2, 0) is 17.6 Å². The second-order valence-electron chi connectivity index (χ2n) is 10.1. The predicted octanol–water partition coefficient (Wildman–Crippen LogP) is 4.81. The van der Waals surface area contributed by atoms with Crippen LogP contribution < -0.4 is 4.90 Å². The lowest BCUT2D eigenvalue weighted by atomic mass is 9.88. The van der Waals surface area contributed by atoms with Crippen LogP contribution in [0.3, 0.4) is 0 Å². The summed E-state index contributed by atoms with van der Waals surface area (Å²) in [4.78, 5) is 29.7. The average Bonchev–Trinajstić information content (AvgIpc) is 3.28. The number of benzene rings is 2. The van der Waals surface area contributed by atoms with E-state index >= 15 is 0 Å². The number of fused-ring (bicyclic) bond motifs is 1. The first-order valence-electron chi connectivity index (χ1n) is 12.6. The smallest absolute Gasteiger partial charge is 0.227 e. The molecular weight excluding hydrogens is 426 g/mol. The minimum Gasteiger partial charge on any atom is -0.356 e. The zero-order valence-corrected chi connectivity index (χ0v) is 19.8. The van der Waals surface area contributed by atoms with Crippen molar-refractivity contribution in [3.8, 4) is 0 Å². The van der Waals surface area contributed by atoms with Crippen LogP contribution in [0.1, 0.15) is 70.8 Å². The molecule has 6 heteroatoms. The Kier molecular flexibility index (Phi) is 5.48. The molecule has 3 aliphatic rings. The number of likely N-dealkylation sites (tertiary alicyclic amines) is 1. The number of amides is 1. The predicted molar refractivity (Wildman–Crippen MR) is 132 cm³/mol. The average molecular weight is 458 g/mol. The molecule has 0 N–H and O–H groups in total. The zero-order chi connectivity index (χ0) is 23.2. The van der Waals surface area contributed by atoms with Gasteiger partial charge >= 0.3 is 0 Å². The molecule has 1 amide bonds. The van der Waals surface area contributed by atoms with Crippen LogP contribution in [0.2, 0.25) is 0 Å². The topological polar surface area (TPSA) is 66.7 Å². The molecule has 0 aliphatic carbocycles. The summed E-state index contributed by atoms with van der Waals surface area (Å²) in [7, 11) is 0. The highest BCUT2D eigenvalue weighted by atomic mass is 16.5. The first kappa shape index (κ1) is 21.5. The van der Waals surface area contributed by atoms with Crippen LogP contribution in [0.15, 0.2) is 34.9 Å². The molecule has 0 saturated carbocycles. The molecule has 176 valence electrons. The quantitative estimate of drug-likeness (QED) is 0.514. The molecule has 0 unspecified atom stereocenters. The summed E-state index contributed by atoms with van der Waals surface area (Å²) in [6.07, 6.45) is 5.86. The Hall–Kier alpha value is -2.99. The Morgan fingerprint density at radius 2 is 1.85 bits per heavy atom. The van der Waals surface area contributed by atoms with E-state index < -0.39 is 0 Å². The van der Waals surface area contributed by atoms with Gasteiger partial charge in [-0.2, -0.15) is 0 Å². The molecular formula is C28H31N3O3. The Bertz CT molecular complexity index is 1250. The first-order valence-corrected chi connectivity index (χ1v) is 12.6. The third-order valence-corrected chi connectivity index (χ3v) is 7.88. The van der Waals surface area contributed by atoms with Crippen molar-refractivity contribution in [3.63, 3.8) is 0 Å². The van der Waals surface area contributed by atoms with Gasteiger partial charge in [0.25, 0.3) is 0 Å². The van der Waals surface area contributed by atoms with Gasteiger partial charge in [-0.1, -0.05) is 11.2 Å². The Balaban J connectivity index is 1.08. The van der Waals surface area contributed by atoms with E-state index in [0.29, 0.717) is 18.8 Å². The number of hydrogen-bond acceptors (Lipinski definition) is 5. The number of piperidine rings is 1. The molecule has 1 saturated heterocycles. The van der Waals surface area contributed by atoms with Crippen LogP contribution in [-0.4, -0.2) is 47.9 Å². The number of nitrogens with zero attached hydrogens (tertiary/aromatic N) is 3. The fraction of sp³-hybridized carbons (Fsp3) is 0.464. The standard InChI is InChI=1S/C28H31N3O3/c1-18-4-6-23-25(15-18)34-29-27(23)19-8-12-30(13-9-19)14-10-24(32)22-16-20-3-2-11-31-26(33)7-5-21(17-22)28(20)31/h4,6,15-17,19H,2-3,5,7-14H2,1H3. The molecule has 0 radical (unpaired) electrons. The fourth-order valence-electron chi connectivity index (χ4n) is 6.01. The van der Waals surface area contributed by atoms with E-state index in [2.05, 4.69) is 47.3 Å². The van der Waals surface area contributed by atoms with E-state index in [1.807, 2.05) is 4.90 Å². The Morgan fingerprint density at radius 1 is 1.06 bits per heavy atom. The highest BCUT2D eigenvalue weighted by Crippen LogP contribution is 2.37. The van der Waals surface area contributed by atoms with Crippen LogP contribution in [0.25, 0.3) is 11.0 Å². The molecule has 1 fully saturated rings. The maximum absolute atomic E-state index is 13.1. The number of hydrogen-bond donors (Lipinski definition) is 0. The number of ketones is 1.